The summed E-state index contributed by atoms with van der Waals surface area (Å²) in [5.41, 5.74) is 4.75. The van der Waals surface area contributed by atoms with Gasteiger partial charge in [-0.1, -0.05) is 0 Å². The van der Waals surface area contributed by atoms with Crippen LogP contribution in [0.15, 0.2) is 30.3 Å². The number of nitrogens with one attached hydrogen (secondary N) is 2. The van der Waals surface area contributed by atoms with Gasteiger partial charge in [-0.15, -0.1) is 0 Å². The van der Waals surface area contributed by atoms with Crippen LogP contribution in [0.5, 0.6) is 0 Å². The molecule has 1 aromatic carbocycles. The highest BCUT2D eigenvalue weighted by atomic mass is 127. The molecule has 23 heavy (non-hydrogen) atoms. The van der Waals surface area contributed by atoms with Crippen molar-refractivity contribution in [2.75, 3.05) is 5.32 Å². The summed E-state index contributed by atoms with van der Waals surface area (Å²) in [6, 6.07) is 9.37. The Labute approximate surface area is 147 Å². The lowest BCUT2D eigenvalue weighted by Crippen LogP contribution is -2.12. The molecular formula is C16H16IN5O. The van der Waals surface area contributed by atoms with Gasteiger partial charge >= 0.3 is 0 Å². The van der Waals surface area contributed by atoms with E-state index in [2.05, 4.69) is 43.2 Å². The van der Waals surface area contributed by atoms with Crippen molar-refractivity contribution < 1.29 is 4.79 Å². The molecule has 0 saturated heterocycles. The van der Waals surface area contributed by atoms with Gasteiger partial charge in [0.15, 0.2) is 0 Å². The van der Waals surface area contributed by atoms with Crippen LogP contribution in [0.3, 0.4) is 0 Å². The zero-order chi connectivity index (χ0) is 16.6. The maximum absolute atomic E-state index is 12.3. The van der Waals surface area contributed by atoms with Crippen molar-refractivity contribution >= 4 is 34.2 Å². The van der Waals surface area contributed by atoms with E-state index < -0.39 is 0 Å². The van der Waals surface area contributed by atoms with E-state index in [1.807, 2.05) is 49.8 Å². The van der Waals surface area contributed by atoms with E-state index in [0.717, 1.165) is 31.9 Å². The Morgan fingerprint density at radius 1 is 1.26 bits per heavy atom. The summed E-state index contributed by atoms with van der Waals surface area (Å²) in [5.74, 6) is -0.218. The molecule has 0 radical (unpaired) electrons. The molecule has 118 valence electrons. The maximum Gasteiger partial charge on any atom is 0.273 e. The van der Waals surface area contributed by atoms with Crippen molar-refractivity contribution in [3.8, 4) is 11.3 Å². The normalized spacial score (nSPS) is 10.8. The second-order valence-electron chi connectivity index (χ2n) is 5.30. The first-order chi connectivity index (χ1) is 11.0. The predicted molar refractivity (Wildman–Crippen MR) is 97.4 cm³/mol. The number of anilines is 1. The summed E-state index contributed by atoms with van der Waals surface area (Å²) in [5, 5.41) is 14.3. The van der Waals surface area contributed by atoms with E-state index >= 15 is 0 Å². The second-order valence-corrected chi connectivity index (χ2v) is 6.54. The Balaban J connectivity index is 1.84. The monoisotopic (exact) mass is 421 g/mol. The zero-order valence-corrected chi connectivity index (χ0v) is 15.2. The number of nitrogens with zero attached hydrogens (tertiary/aromatic N) is 3. The molecule has 0 spiro atoms. The average molecular weight is 421 g/mol. The van der Waals surface area contributed by atoms with Gasteiger partial charge in [0.2, 0.25) is 0 Å². The molecule has 0 fully saturated rings. The third-order valence-corrected chi connectivity index (χ3v) is 4.41. The number of benzene rings is 1. The molecule has 7 heteroatoms. The topological polar surface area (TPSA) is 75.6 Å². The largest absolute Gasteiger partial charge is 0.321 e. The quantitative estimate of drug-likeness (QED) is 0.638. The summed E-state index contributed by atoms with van der Waals surface area (Å²) in [6.07, 6.45) is 0. The lowest BCUT2D eigenvalue weighted by molar-refractivity contribution is 0.102. The lowest BCUT2D eigenvalue weighted by Gasteiger charge is -2.02. The average Bonchev–Trinajstić information content (AvgIpc) is 3.07. The van der Waals surface area contributed by atoms with Crippen LogP contribution in [0, 0.1) is 17.4 Å². The van der Waals surface area contributed by atoms with Crippen molar-refractivity contribution in [3.63, 3.8) is 0 Å². The highest BCUT2D eigenvalue weighted by Crippen LogP contribution is 2.25. The summed E-state index contributed by atoms with van der Waals surface area (Å²) in [7, 11) is 1.89. The molecule has 0 aliphatic heterocycles. The van der Waals surface area contributed by atoms with Crippen LogP contribution in [-0.4, -0.2) is 25.9 Å². The van der Waals surface area contributed by atoms with E-state index in [1.165, 1.54) is 0 Å². The number of halogens is 1. The number of aromatic nitrogens is 4. The molecule has 0 aliphatic rings. The van der Waals surface area contributed by atoms with Crippen LogP contribution in [-0.2, 0) is 7.05 Å². The minimum atomic E-state index is -0.218. The van der Waals surface area contributed by atoms with Gasteiger partial charge in [-0.05, 0) is 66.8 Å². The molecule has 0 aliphatic carbocycles. The van der Waals surface area contributed by atoms with E-state index in [9.17, 15) is 4.79 Å². The van der Waals surface area contributed by atoms with Crippen molar-refractivity contribution in [1.82, 2.24) is 20.0 Å². The number of hydrogen-bond acceptors (Lipinski definition) is 3. The fourth-order valence-corrected chi connectivity index (χ4v) is 2.80. The van der Waals surface area contributed by atoms with Crippen molar-refractivity contribution in [2.24, 2.45) is 7.05 Å². The molecule has 1 amide bonds. The first-order valence-corrected chi connectivity index (χ1v) is 8.16. The maximum atomic E-state index is 12.3. The molecule has 0 unspecified atom stereocenters. The van der Waals surface area contributed by atoms with Gasteiger partial charge in [-0.25, -0.2) is 0 Å². The molecule has 3 rings (SSSR count). The molecule has 2 N–H and O–H groups in total. The molecule has 2 aromatic heterocycles. The zero-order valence-electron chi connectivity index (χ0n) is 13.0. The number of H-pyrrole nitrogens is 1. The first-order valence-electron chi connectivity index (χ1n) is 7.08. The standard InChI is InChI=1S/C16H16IN5O/c1-9-15(10(2)22(3)21-9)13-8-14(20-19-13)16(23)18-12-6-4-11(17)5-7-12/h4-8H,1-3H3,(H,18,23)(H,19,20). The van der Waals surface area contributed by atoms with Crippen molar-refractivity contribution in [3.05, 3.63) is 51.0 Å². The number of aryl methyl sites for hydroxylation is 2. The smallest absolute Gasteiger partial charge is 0.273 e. The third kappa shape index (κ3) is 3.14. The second kappa shape index (κ2) is 6.15. The minimum absolute atomic E-state index is 0.218. The Morgan fingerprint density at radius 2 is 1.96 bits per heavy atom. The van der Waals surface area contributed by atoms with Crippen molar-refractivity contribution in [2.45, 2.75) is 13.8 Å². The number of carbonyl (C=O) groups is 1. The molecule has 0 bridgehead atoms. The molecule has 0 saturated carbocycles. The third-order valence-electron chi connectivity index (χ3n) is 3.69. The van der Waals surface area contributed by atoms with Crippen LogP contribution in [0.2, 0.25) is 0 Å². The van der Waals surface area contributed by atoms with Gasteiger partial charge < -0.3 is 5.32 Å². The summed E-state index contributed by atoms with van der Waals surface area (Å²) in [6.45, 7) is 3.91. The summed E-state index contributed by atoms with van der Waals surface area (Å²) < 4.78 is 2.93. The van der Waals surface area contributed by atoms with Gasteiger partial charge in [0.05, 0.1) is 11.4 Å². The van der Waals surface area contributed by atoms with Crippen molar-refractivity contribution in [1.29, 1.82) is 0 Å². The van der Waals surface area contributed by atoms with Gasteiger partial charge in [-0.3, -0.25) is 14.6 Å². The Kier molecular flexibility index (Phi) is 4.20. The Bertz CT molecular complexity index is 863. The van der Waals surface area contributed by atoms with Crippen LogP contribution in [0.25, 0.3) is 11.3 Å². The van der Waals surface area contributed by atoms with E-state index in [1.54, 1.807) is 6.07 Å². The van der Waals surface area contributed by atoms with E-state index in [4.69, 9.17) is 0 Å². The highest BCUT2D eigenvalue weighted by molar-refractivity contribution is 14.1. The van der Waals surface area contributed by atoms with Gasteiger partial charge in [0, 0.05) is 27.6 Å². The fourth-order valence-electron chi connectivity index (χ4n) is 2.44. The van der Waals surface area contributed by atoms with Crippen LogP contribution < -0.4 is 5.32 Å². The molecule has 3 aromatic rings. The molecule has 2 heterocycles. The number of hydrogen-bond donors (Lipinski definition) is 2. The predicted octanol–water partition coefficient (Wildman–Crippen LogP) is 3.28. The van der Waals surface area contributed by atoms with Gasteiger partial charge in [0.1, 0.15) is 5.69 Å². The SMILES string of the molecule is Cc1nn(C)c(C)c1-c1cc(C(=O)Nc2ccc(I)cc2)[nH]n1. The Morgan fingerprint density at radius 3 is 2.57 bits per heavy atom. The van der Waals surface area contributed by atoms with Gasteiger partial charge in [-0.2, -0.15) is 10.2 Å². The number of amides is 1. The van der Waals surface area contributed by atoms with Crippen LogP contribution in [0.4, 0.5) is 5.69 Å². The first kappa shape index (κ1) is 15.7. The van der Waals surface area contributed by atoms with Crippen LogP contribution >= 0.6 is 22.6 Å². The number of rotatable bonds is 3. The van der Waals surface area contributed by atoms with E-state index in [0.29, 0.717) is 5.69 Å². The number of carbonyl (C=O) groups excluding carboxylic acids is 1. The number of aromatic amines is 1. The Hall–Kier alpha value is -2.16. The summed E-state index contributed by atoms with van der Waals surface area (Å²) >= 11 is 2.22. The van der Waals surface area contributed by atoms with E-state index in [-0.39, 0.29) is 5.91 Å². The highest BCUT2D eigenvalue weighted by Gasteiger charge is 2.17. The van der Waals surface area contributed by atoms with Gasteiger partial charge in [0.25, 0.3) is 5.91 Å². The summed E-state index contributed by atoms with van der Waals surface area (Å²) in [4.78, 5) is 12.3. The fraction of sp³-hybridized carbons (Fsp3) is 0.188. The lowest BCUT2D eigenvalue weighted by atomic mass is 10.1. The molecular weight excluding hydrogens is 405 g/mol. The molecule has 0 atom stereocenters. The molecule has 6 nitrogen and oxygen atoms in total. The minimum Gasteiger partial charge on any atom is -0.321 e. The van der Waals surface area contributed by atoms with Crippen LogP contribution in [0.1, 0.15) is 21.9 Å².